The molecule has 0 aliphatic heterocycles. The van der Waals surface area contributed by atoms with Crippen molar-refractivity contribution >= 4 is 23.9 Å². The van der Waals surface area contributed by atoms with Crippen LogP contribution in [-0.4, -0.2) is 47.7 Å². The smallest absolute Gasteiger partial charge is 0.414 e. The molecule has 218 valence electrons. The summed E-state index contributed by atoms with van der Waals surface area (Å²) in [5.74, 6) is -0.0330. The van der Waals surface area contributed by atoms with E-state index in [1.165, 1.54) is 0 Å². The molecule has 0 spiro atoms. The minimum atomic E-state index is -0.739. The van der Waals surface area contributed by atoms with Gasteiger partial charge in [0.25, 0.3) is 0 Å². The average molecular weight is 553 g/mol. The van der Waals surface area contributed by atoms with Crippen molar-refractivity contribution in [3.8, 4) is 11.1 Å². The van der Waals surface area contributed by atoms with Crippen LogP contribution < -0.4 is 16.4 Å². The third kappa shape index (κ3) is 13.4. The van der Waals surface area contributed by atoms with Crippen molar-refractivity contribution in [3.05, 3.63) is 60.2 Å². The minimum absolute atomic E-state index is 0.0227. The van der Waals surface area contributed by atoms with E-state index in [9.17, 15) is 14.4 Å². The Morgan fingerprint density at radius 1 is 0.775 bits per heavy atom. The maximum Gasteiger partial charge on any atom is 0.414 e. The molecule has 2 aromatic rings. The van der Waals surface area contributed by atoms with Gasteiger partial charge in [0, 0.05) is 13.0 Å². The molecule has 9 heteroatoms. The number of alkyl carbamates (subject to hydrolysis) is 2. The van der Waals surface area contributed by atoms with Gasteiger partial charge in [0.2, 0.25) is 5.96 Å². The number of carbonyl (C=O) groups is 3. The van der Waals surface area contributed by atoms with E-state index in [-0.39, 0.29) is 11.7 Å². The van der Waals surface area contributed by atoms with E-state index in [0.29, 0.717) is 32.2 Å². The van der Waals surface area contributed by atoms with Gasteiger partial charge in [0.15, 0.2) is 0 Å². The molecule has 2 amide bonds. The fourth-order valence-electron chi connectivity index (χ4n) is 3.71. The van der Waals surface area contributed by atoms with E-state index in [0.717, 1.165) is 23.1 Å². The number of nitrogens with zero attached hydrogens (tertiary/aromatic N) is 1. The van der Waals surface area contributed by atoms with Crippen LogP contribution in [0.25, 0.3) is 11.1 Å². The van der Waals surface area contributed by atoms with Gasteiger partial charge < -0.3 is 15.2 Å². The maximum atomic E-state index is 12.6. The van der Waals surface area contributed by atoms with Crippen molar-refractivity contribution in [2.24, 2.45) is 10.7 Å². The Hall–Kier alpha value is -3.72. The van der Waals surface area contributed by atoms with Gasteiger partial charge in [-0.3, -0.25) is 20.4 Å². The molecule has 4 N–H and O–H groups in total. The Labute approximate surface area is 237 Å². The van der Waals surface area contributed by atoms with Gasteiger partial charge in [-0.25, -0.2) is 9.59 Å². The number of ether oxygens (including phenoxy) is 2. The summed E-state index contributed by atoms with van der Waals surface area (Å²) in [7, 11) is 0. The molecule has 0 aromatic heterocycles. The van der Waals surface area contributed by atoms with Gasteiger partial charge in [0.05, 0.1) is 6.04 Å². The summed E-state index contributed by atoms with van der Waals surface area (Å²) in [6.07, 6.45) is 1.45. The maximum absolute atomic E-state index is 12.6. The highest BCUT2D eigenvalue weighted by Crippen LogP contribution is 2.20. The standard InChI is InChI=1S/C31H44N4O5/c1-30(2,3)39-28(37)34-27(35-29(38)40-31(4,5)6)33-20-12-8-11-15-26(36)25(32)21-22-16-18-24(19-17-22)23-13-9-7-10-14-23/h7,9-10,13-14,16-19,25H,8,11-12,15,20-21,32H2,1-6H3,(H2,33,34,35,37,38)/t25-/m1/s1. The fourth-order valence-corrected chi connectivity index (χ4v) is 3.71. The van der Waals surface area contributed by atoms with Crippen molar-refractivity contribution in [2.45, 2.75) is 90.9 Å². The highest BCUT2D eigenvalue weighted by atomic mass is 16.6. The number of hydrogen-bond acceptors (Lipinski definition) is 7. The molecule has 0 saturated heterocycles. The number of Topliss-reactive ketones (excluding diaryl/α,β-unsaturated/α-hetero) is 1. The van der Waals surface area contributed by atoms with Crippen molar-refractivity contribution in [2.75, 3.05) is 6.54 Å². The molecule has 0 aliphatic rings. The number of ketones is 1. The third-order valence-electron chi connectivity index (χ3n) is 5.52. The second-order valence-corrected chi connectivity index (χ2v) is 11.6. The van der Waals surface area contributed by atoms with Crippen molar-refractivity contribution in [3.63, 3.8) is 0 Å². The summed E-state index contributed by atoms with van der Waals surface area (Å²) in [6, 6.07) is 17.7. The Kier molecular flexibility index (Phi) is 12.3. The molecule has 0 radical (unpaired) electrons. The molecular weight excluding hydrogens is 508 g/mol. The first-order chi connectivity index (χ1) is 18.7. The highest BCUT2D eigenvalue weighted by molar-refractivity contribution is 6.01. The van der Waals surface area contributed by atoms with Crippen LogP contribution in [0.4, 0.5) is 9.59 Å². The lowest BCUT2D eigenvalue weighted by atomic mass is 9.97. The van der Waals surface area contributed by atoms with Crippen LogP contribution >= 0.6 is 0 Å². The van der Waals surface area contributed by atoms with Gasteiger partial charge >= 0.3 is 12.2 Å². The highest BCUT2D eigenvalue weighted by Gasteiger charge is 2.21. The number of unbranched alkanes of at least 4 members (excludes halogenated alkanes) is 2. The van der Waals surface area contributed by atoms with E-state index in [4.69, 9.17) is 15.2 Å². The normalized spacial score (nSPS) is 12.2. The predicted molar refractivity (Wildman–Crippen MR) is 158 cm³/mol. The minimum Gasteiger partial charge on any atom is -0.444 e. The number of benzene rings is 2. The van der Waals surface area contributed by atoms with Crippen LogP contribution in [0.1, 0.15) is 72.8 Å². The second kappa shape index (κ2) is 15.2. The number of carbonyl (C=O) groups excluding carboxylic acids is 3. The van der Waals surface area contributed by atoms with E-state index in [2.05, 4.69) is 27.8 Å². The topological polar surface area (TPSA) is 132 Å². The molecule has 1 atom stereocenters. The molecule has 0 fully saturated rings. The van der Waals surface area contributed by atoms with E-state index in [1.807, 2.05) is 42.5 Å². The van der Waals surface area contributed by atoms with Crippen molar-refractivity contribution in [1.82, 2.24) is 10.6 Å². The van der Waals surface area contributed by atoms with E-state index < -0.39 is 29.4 Å². The Morgan fingerprint density at radius 3 is 1.82 bits per heavy atom. The first-order valence-electron chi connectivity index (χ1n) is 13.7. The molecule has 0 heterocycles. The Morgan fingerprint density at radius 2 is 1.30 bits per heavy atom. The summed E-state index contributed by atoms with van der Waals surface area (Å²) < 4.78 is 10.5. The van der Waals surface area contributed by atoms with Crippen LogP contribution in [0.15, 0.2) is 59.6 Å². The zero-order chi connectivity index (χ0) is 29.8. The first-order valence-corrected chi connectivity index (χ1v) is 13.7. The van der Waals surface area contributed by atoms with Crippen LogP contribution in [0.2, 0.25) is 0 Å². The van der Waals surface area contributed by atoms with Gasteiger partial charge in [0.1, 0.15) is 17.0 Å². The summed E-state index contributed by atoms with van der Waals surface area (Å²) in [4.78, 5) is 41.2. The second-order valence-electron chi connectivity index (χ2n) is 11.6. The quantitative estimate of drug-likeness (QED) is 0.195. The summed E-state index contributed by atoms with van der Waals surface area (Å²) in [6.45, 7) is 10.7. The van der Waals surface area contributed by atoms with Crippen LogP contribution in [0.3, 0.4) is 0 Å². The van der Waals surface area contributed by atoms with Gasteiger partial charge in [-0.15, -0.1) is 0 Å². The van der Waals surface area contributed by atoms with Crippen molar-refractivity contribution in [1.29, 1.82) is 0 Å². The van der Waals surface area contributed by atoms with Gasteiger partial charge in [-0.2, -0.15) is 0 Å². The number of aliphatic imine (C=N–C) groups is 1. The van der Waals surface area contributed by atoms with Gasteiger partial charge in [-0.05, 0) is 77.5 Å². The largest absolute Gasteiger partial charge is 0.444 e. The first kappa shape index (κ1) is 32.5. The van der Waals surface area contributed by atoms with Crippen LogP contribution in [0.5, 0.6) is 0 Å². The monoisotopic (exact) mass is 552 g/mol. The number of nitrogens with two attached hydrogens (primary N) is 1. The average Bonchev–Trinajstić information content (AvgIpc) is 2.84. The van der Waals surface area contributed by atoms with E-state index in [1.54, 1.807) is 41.5 Å². The summed E-state index contributed by atoms with van der Waals surface area (Å²) >= 11 is 0. The molecule has 0 saturated carbocycles. The van der Waals surface area contributed by atoms with Crippen LogP contribution in [0, 0.1) is 0 Å². The van der Waals surface area contributed by atoms with Gasteiger partial charge in [-0.1, -0.05) is 61.0 Å². The Balaban J connectivity index is 1.79. The number of rotatable bonds is 10. The zero-order valence-corrected chi connectivity index (χ0v) is 24.6. The molecular formula is C31H44N4O5. The number of guanidine groups is 1. The predicted octanol–water partition coefficient (Wildman–Crippen LogP) is 5.76. The summed E-state index contributed by atoms with van der Waals surface area (Å²) in [5.41, 5.74) is 8.06. The van der Waals surface area contributed by atoms with Crippen molar-refractivity contribution < 1.29 is 23.9 Å². The third-order valence-corrected chi connectivity index (χ3v) is 5.52. The van der Waals surface area contributed by atoms with E-state index >= 15 is 0 Å². The molecule has 2 aromatic carbocycles. The SMILES string of the molecule is CC(C)(C)OC(=O)NC(=NCCCCCC(=O)[C@H](N)Cc1ccc(-c2ccccc2)cc1)NC(=O)OC(C)(C)C. The molecule has 2 rings (SSSR count). The Bertz CT molecular complexity index is 1100. The number of nitrogens with one attached hydrogen (secondary N) is 2. The summed E-state index contributed by atoms with van der Waals surface area (Å²) in [5, 5.41) is 4.91. The number of amides is 2. The lowest BCUT2D eigenvalue weighted by Crippen LogP contribution is -2.47. The molecule has 0 unspecified atom stereocenters. The molecule has 0 bridgehead atoms. The van der Waals surface area contributed by atoms with Crippen LogP contribution in [-0.2, 0) is 20.7 Å². The lowest BCUT2D eigenvalue weighted by molar-refractivity contribution is -0.120. The number of hydrogen-bond donors (Lipinski definition) is 3. The molecule has 9 nitrogen and oxygen atoms in total. The fraction of sp³-hybridized carbons (Fsp3) is 0.484. The molecule has 0 aliphatic carbocycles. The zero-order valence-electron chi connectivity index (χ0n) is 24.6. The molecule has 40 heavy (non-hydrogen) atoms. The lowest BCUT2D eigenvalue weighted by Gasteiger charge is -2.22.